The van der Waals surface area contributed by atoms with Crippen LogP contribution in [0, 0.1) is 12.7 Å². The smallest absolute Gasteiger partial charge is 0.325 e. The molecule has 0 saturated heterocycles. The molecule has 0 aliphatic rings. The van der Waals surface area contributed by atoms with Gasteiger partial charge in [0, 0.05) is 0 Å². The Kier molecular flexibility index (Phi) is 5.83. The average molecular weight is 297 g/mol. The van der Waals surface area contributed by atoms with E-state index >= 15 is 0 Å². The van der Waals surface area contributed by atoms with Crippen LogP contribution in [0.1, 0.15) is 15.9 Å². The number of benzene rings is 1. The van der Waals surface area contributed by atoms with Crippen LogP contribution in [0.5, 0.6) is 0 Å². The van der Waals surface area contributed by atoms with Crippen LogP contribution in [0.15, 0.2) is 18.2 Å². The van der Waals surface area contributed by atoms with Crippen molar-refractivity contribution in [2.45, 2.75) is 6.92 Å². The molecule has 1 aromatic rings. The maximum Gasteiger partial charge on any atom is 0.325 e. The summed E-state index contributed by atoms with van der Waals surface area (Å²) in [6.45, 7) is 0.747. The van der Waals surface area contributed by atoms with E-state index in [1.54, 1.807) is 6.92 Å². The Morgan fingerprint density at radius 2 is 1.62 bits per heavy atom. The van der Waals surface area contributed by atoms with E-state index < -0.39 is 36.8 Å². The highest BCUT2D eigenvalue weighted by molar-refractivity contribution is 5.98. The van der Waals surface area contributed by atoms with Crippen molar-refractivity contribution >= 4 is 17.8 Å². The van der Waals surface area contributed by atoms with Crippen molar-refractivity contribution in [3.63, 3.8) is 0 Å². The largest absolute Gasteiger partial charge is 0.468 e. The molecule has 1 aromatic carbocycles. The summed E-state index contributed by atoms with van der Waals surface area (Å²) < 4.78 is 22.7. The highest BCUT2D eigenvalue weighted by atomic mass is 19.1. The summed E-state index contributed by atoms with van der Waals surface area (Å²) in [5.41, 5.74) is 0.457. The third-order valence-electron chi connectivity index (χ3n) is 2.73. The molecule has 1 amide bonds. The molecule has 0 unspecified atom stereocenters. The summed E-state index contributed by atoms with van der Waals surface area (Å²) in [6, 6.07) is 4.01. The summed E-state index contributed by atoms with van der Waals surface area (Å²) >= 11 is 0. The minimum Gasteiger partial charge on any atom is -0.468 e. The van der Waals surface area contributed by atoms with Gasteiger partial charge in [-0.3, -0.25) is 14.4 Å². The van der Waals surface area contributed by atoms with E-state index in [-0.39, 0.29) is 5.56 Å². The van der Waals surface area contributed by atoms with Crippen molar-refractivity contribution in [1.29, 1.82) is 0 Å². The van der Waals surface area contributed by atoms with Gasteiger partial charge in [-0.2, -0.15) is 0 Å². The van der Waals surface area contributed by atoms with E-state index in [1.165, 1.54) is 12.1 Å². The number of amides is 1. The lowest BCUT2D eigenvalue weighted by molar-refractivity contribution is -0.144. The van der Waals surface area contributed by atoms with Gasteiger partial charge in [-0.05, 0) is 19.1 Å². The molecule has 0 bridgehead atoms. The second-order valence-corrected chi connectivity index (χ2v) is 4.30. The minimum atomic E-state index is -0.785. The molecule has 0 heterocycles. The van der Waals surface area contributed by atoms with Crippen molar-refractivity contribution in [2.75, 3.05) is 27.3 Å². The van der Waals surface area contributed by atoms with Crippen molar-refractivity contribution in [3.8, 4) is 0 Å². The maximum absolute atomic E-state index is 13.7. The Balaban J connectivity index is 3.05. The van der Waals surface area contributed by atoms with Gasteiger partial charge in [0.05, 0.1) is 19.8 Å². The molecule has 6 nitrogen and oxygen atoms in total. The van der Waals surface area contributed by atoms with Crippen LogP contribution in [0.4, 0.5) is 4.39 Å². The minimum absolute atomic E-state index is 0.220. The van der Waals surface area contributed by atoms with Gasteiger partial charge < -0.3 is 14.4 Å². The Labute approximate surface area is 121 Å². The molecular weight excluding hydrogens is 281 g/mol. The van der Waals surface area contributed by atoms with E-state index in [1.807, 2.05) is 0 Å². The zero-order valence-corrected chi connectivity index (χ0v) is 12.0. The number of hydrogen-bond acceptors (Lipinski definition) is 5. The normalized spacial score (nSPS) is 9.90. The molecular formula is C14H16FNO5. The first kappa shape index (κ1) is 16.6. The molecule has 0 radical (unpaired) electrons. The van der Waals surface area contributed by atoms with Crippen molar-refractivity contribution in [2.24, 2.45) is 0 Å². The van der Waals surface area contributed by atoms with E-state index in [0.29, 0.717) is 5.56 Å². The quantitative estimate of drug-likeness (QED) is 0.756. The average Bonchev–Trinajstić information content (AvgIpc) is 2.47. The molecule has 0 aromatic heterocycles. The number of aryl methyl sites for hydroxylation is 1. The van der Waals surface area contributed by atoms with Gasteiger partial charge in [0.2, 0.25) is 0 Å². The molecule has 0 aliphatic carbocycles. The number of nitrogens with zero attached hydrogens (tertiary/aromatic N) is 1. The highest BCUT2D eigenvalue weighted by Crippen LogP contribution is 2.13. The van der Waals surface area contributed by atoms with E-state index in [9.17, 15) is 18.8 Å². The van der Waals surface area contributed by atoms with Crippen LogP contribution < -0.4 is 0 Å². The Bertz CT molecular complexity index is 540. The molecule has 0 aliphatic heterocycles. The number of carbonyl (C=O) groups is 3. The molecule has 0 saturated carbocycles. The number of halogens is 1. The number of methoxy groups -OCH3 is 2. The van der Waals surface area contributed by atoms with Gasteiger partial charge in [0.25, 0.3) is 5.91 Å². The molecule has 114 valence electrons. The lowest BCUT2D eigenvalue weighted by Gasteiger charge is -2.20. The lowest BCUT2D eigenvalue weighted by atomic mass is 10.1. The van der Waals surface area contributed by atoms with Gasteiger partial charge in [-0.15, -0.1) is 0 Å². The number of rotatable bonds is 5. The predicted molar refractivity (Wildman–Crippen MR) is 71.1 cm³/mol. The molecule has 0 N–H and O–H groups in total. The first-order chi connectivity index (χ1) is 9.88. The van der Waals surface area contributed by atoms with Gasteiger partial charge in [-0.25, -0.2) is 4.39 Å². The zero-order chi connectivity index (χ0) is 16.0. The monoisotopic (exact) mass is 297 g/mol. The summed E-state index contributed by atoms with van der Waals surface area (Å²) in [6.07, 6.45) is 0. The SMILES string of the molecule is COC(=O)CN(CC(=O)OC)C(=O)c1cc(C)ccc1F. The zero-order valence-electron chi connectivity index (χ0n) is 12.0. The lowest BCUT2D eigenvalue weighted by Crippen LogP contribution is -2.40. The molecule has 0 fully saturated rings. The van der Waals surface area contributed by atoms with Gasteiger partial charge in [-0.1, -0.05) is 11.6 Å². The van der Waals surface area contributed by atoms with Gasteiger partial charge in [0.15, 0.2) is 0 Å². The fraction of sp³-hybridized carbons (Fsp3) is 0.357. The van der Waals surface area contributed by atoms with Crippen LogP contribution in [-0.4, -0.2) is 50.1 Å². The molecule has 21 heavy (non-hydrogen) atoms. The Hall–Kier alpha value is -2.44. The fourth-order valence-corrected chi connectivity index (χ4v) is 1.61. The van der Waals surface area contributed by atoms with Crippen LogP contribution in [-0.2, 0) is 19.1 Å². The first-order valence-corrected chi connectivity index (χ1v) is 6.08. The predicted octanol–water partition coefficient (Wildman–Crippen LogP) is 0.922. The summed E-state index contributed by atoms with van der Waals surface area (Å²) in [5.74, 6) is -2.96. The van der Waals surface area contributed by atoms with E-state index in [0.717, 1.165) is 25.2 Å². The topological polar surface area (TPSA) is 72.9 Å². The van der Waals surface area contributed by atoms with Gasteiger partial charge in [0.1, 0.15) is 18.9 Å². The summed E-state index contributed by atoms with van der Waals surface area (Å²) in [4.78, 5) is 35.8. The second-order valence-electron chi connectivity index (χ2n) is 4.30. The Morgan fingerprint density at radius 3 is 2.10 bits per heavy atom. The molecule has 0 spiro atoms. The number of carbonyl (C=O) groups excluding carboxylic acids is 3. The first-order valence-electron chi connectivity index (χ1n) is 6.08. The summed E-state index contributed by atoms with van der Waals surface area (Å²) in [5, 5.41) is 0. The fourth-order valence-electron chi connectivity index (χ4n) is 1.61. The second kappa shape index (κ2) is 7.37. The van der Waals surface area contributed by atoms with Crippen LogP contribution in [0.25, 0.3) is 0 Å². The van der Waals surface area contributed by atoms with Crippen molar-refractivity contribution < 1.29 is 28.2 Å². The third-order valence-corrected chi connectivity index (χ3v) is 2.73. The Morgan fingerprint density at radius 1 is 1.10 bits per heavy atom. The van der Waals surface area contributed by atoms with Crippen molar-refractivity contribution in [1.82, 2.24) is 4.90 Å². The standard InChI is InChI=1S/C14H16FNO5/c1-9-4-5-11(15)10(6-9)14(19)16(7-12(17)20-2)8-13(18)21-3/h4-6H,7-8H2,1-3H3. The van der Waals surface area contributed by atoms with E-state index in [2.05, 4.69) is 9.47 Å². The molecule has 0 atom stereocenters. The maximum atomic E-state index is 13.7. The van der Waals surface area contributed by atoms with Gasteiger partial charge >= 0.3 is 11.9 Å². The van der Waals surface area contributed by atoms with Crippen molar-refractivity contribution in [3.05, 3.63) is 35.1 Å². The number of ether oxygens (including phenoxy) is 2. The molecule has 7 heteroatoms. The number of hydrogen-bond donors (Lipinski definition) is 0. The third kappa shape index (κ3) is 4.55. The summed E-state index contributed by atoms with van der Waals surface area (Å²) in [7, 11) is 2.30. The van der Waals surface area contributed by atoms with Crippen LogP contribution in [0.3, 0.4) is 0 Å². The number of esters is 2. The highest BCUT2D eigenvalue weighted by Gasteiger charge is 2.24. The van der Waals surface area contributed by atoms with Crippen LogP contribution >= 0.6 is 0 Å². The van der Waals surface area contributed by atoms with E-state index in [4.69, 9.17) is 0 Å². The molecule has 1 rings (SSSR count). The van der Waals surface area contributed by atoms with Crippen LogP contribution in [0.2, 0.25) is 0 Å².